The van der Waals surface area contributed by atoms with E-state index in [0.717, 1.165) is 16.9 Å². The van der Waals surface area contributed by atoms with Crippen LogP contribution in [-0.2, 0) is 13.0 Å². The minimum absolute atomic E-state index is 0.459. The normalized spacial score (nSPS) is 11.6. The van der Waals surface area contributed by atoms with Gasteiger partial charge >= 0.3 is 0 Å². The van der Waals surface area contributed by atoms with Crippen LogP contribution in [0.15, 0.2) is 54.6 Å². The molecular formula is C17H17NO2. The van der Waals surface area contributed by atoms with Crippen molar-refractivity contribution in [2.24, 2.45) is 0 Å². The lowest BCUT2D eigenvalue weighted by molar-refractivity contribution is 0.220. The van der Waals surface area contributed by atoms with Crippen molar-refractivity contribution in [1.29, 1.82) is 5.26 Å². The topological polar surface area (TPSA) is 53.2 Å². The SMILES string of the molecule is N#C[C@H](O)CCc1ccc(OCc2ccccc2)cc1. The van der Waals surface area contributed by atoms with Gasteiger partial charge in [0.1, 0.15) is 18.5 Å². The molecule has 0 heterocycles. The van der Waals surface area contributed by atoms with Crippen molar-refractivity contribution in [3.8, 4) is 11.8 Å². The number of aryl methyl sites for hydroxylation is 1. The summed E-state index contributed by atoms with van der Waals surface area (Å²) in [6.45, 7) is 0.549. The molecule has 1 N–H and O–H groups in total. The predicted molar refractivity (Wildman–Crippen MR) is 77.2 cm³/mol. The quantitative estimate of drug-likeness (QED) is 0.818. The highest BCUT2D eigenvalue weighted by atomic mass is 16.5. The molecule has 0 unspecified atom stereocenters. The number of ether oxygens (including phenoxy) is 1. The first-order chi connectivity index (χ1) is 9.78. The first kappa shape index (κ1) is 14.1. The van der Waals surface area contributed by atoms with Gasteiger partial charge in [-0.05, 0) is 36.1 Å². The van der Waals surface area contributed by atoms with Gasteiger partial charge in [0, 0.05) is 0 Å². The van der Waals surface area contributed by atoms with Crippen molar-refractivity contribution in [1.82, 2.24) is 0 Å². The molecule has 0 amide bonds. The van der Waals surface area contributed by atoms with Gasteiger partial charge in [0.25, 0.3) is 0 Å². The van der Waals surface area contributed by atoms with E-state index in [-0.39, 0.29) is 0 Å². The summed E-state index contributed by atoms with van der Waals surface area (Å²) in [7, 11) is 0. The molecule has 0 radical (unpaired) electrons. The maximum Gasteiger partial charge on any atom is 0.140 e. The highest BCUT2D eigenvalue weighted by molar-refractivity contribution is 5.28. The Hall–Kier alpha value is -2.31. The lowest BCUT2D eigenvalue weighted by Gasteiger charge is -2.07. The molecule has 2 aromatic rings. The Labute approximate surface area is 119 Å². The molecule has 0 aliphatic carbocycles. The number of aliphatic hydroxyl groups is 1. The summed E-state index contributed by atoms with van der Waals surface area (Å²) in [5.41, 5.74) is 2.22. The number of benzene rings is 2. The Kier molecular flexibility index (Phi) is 5.16. The summed E-state index contributed by atoms with van der Waals surface area (Å²) in [6.07, 6.45) is 0.262. The third-order valence-corrected chi connectivity index (χ3v) is 3.03. The van der Waals surface area contributed by atoms with Gasteiger partial charge < -0.3 is 9.84 Å². The molecule has 1 atom stereocenters. The lowest BCUT2D eigenvalue weighted by atomic mass is 10.1. The number of nitriles is 1. The second-order valence-corrected chi connectivity index (χ2v) is 4.60. The molecule has 0 fully saturated rings. The van der Waals surface area contributed by atoms with Gasteiger partial charge in [0.05, 0.1) is 6.07 Å². The Morgan fingerprint density at radius 2 is 1.70 bits per heavy atom. The molecule has 0 spiro atoms. The van der Waals surface area contributed by atoms with Gasteiger partial charge in [-0.2, -0.15) is 5.26 Å². The monoisotopic (exact) mass is 267 g/mol. The molecule has 0 aliphatic rings. The van der Waals surface area contributed by atoms with Gasteiger partial charge in [-0.25, -0.2) is 0 Å². The molecule has 0 aliphatic heterocycles. The molecule has 2 aromatic carbocycles. The van der Waals surface area contributed by atoms with E-state index in [1.165, 1.54) is 0 Å². The fraction of sp³-hybridized carbons (Fsp3) is 0.235. The van der Waals surface area contributed by atoms with Gasteiger partial charge in [-0.3, -0.25) is 0 Å². The van der Waals surface area contributed by atoms with E-state index in [2.05, 4.69) is 0 Å². The summed E-state index contributed by atoms with van der Waals surface area (Å²) in [5.74, 6) is 0.818. The van der Waals surface area contributed by atoms with Crippen LogP contribution in [0.4, 0.5) is 0 Å². The molecule has 3 nitrogen and oxygen atoms in total. The van der Waals surface area contributed by atoms with Gasteiger partial charge in [0.15, 0.2) is 0 Å². The van der Waals surface area contributed by atoms with Crippen LogP contribution in [0, 0.1) is 11.3 Å². The van der Waals surface area contributed by atoms with Gasteiger partial charge in [-0.15, -0.1) is 0 Å². The zero-order chi connectivity index (χ0) is 14.2. The van der Waals surface area contributed by atoms with Crippen LogP contribution in [0.25, 0.3) is 0 Å². The zero-order valence-electron chi connectivity index (χ0n) is 11.2. The van der Waals surface area contributed by atoms with Crippen molar-refractivity contribution in [3.63, 3.8) is 0 Å². The van der Waals surface area contributed by atoms with E-state index in [9.17, 15) is 5.11 Å². The van der Waals surface area contributed by atoms with Crippen molar-refractivity contribution >= 4 is 0 Å². The number of hydrogen-bond donors (Lipinski definition) is 1. The summed E-state index contributed by atoms with van der Waals surface area (Å²) in [5, 5.41) is 17.7. The van der Waals surface area contributed by atoms with E-state index in [1.807, 2.05) is 60.7 Å². The second-order valence-electron chi connectivity index (χ2n) is 4.60. The number of rotatable bonds is 6. The van der Waals surface area contributed by atoms with Crippen LogP contribution in [0.1, 0.15) is 17.5 Å². The number of nitrogens with zero attached hydrogens (tertiary/aromatic N) is 1. The molecule has 0 aromatic heterocycles. The number of aliphatic hydroxyl groups excluding tert-OH is 1. The molecular weight excluding hydrogens is 250 g/mol. The highest BCUT2D eigenvalue weighted by Crippen LogP contribution is 2.15. The third-order valence-electron chi connectivity index (χ3n) is 3.03. The van der Waals surface area contributed by atoms with Crippen molar-refractivity contribution in [2.45, 2.75) is 25.6 Å². The van der Waals surface area contributed by atoms with Crippen LogP contribution in [0.3, 0.4) is 0 Å². The van der Waals surface area contributed by atoms with Crippen molar-refractivity contribution < 1.29 is 9.84 Å². The third kappa shape index (κ3) is 4.42. The molecule has 2 rings (SSSR count). The average Bonchev–Trinajstić information content (AvgIpc) is 2.52. The first-order valence-corrected chi connectivity index (χ1v) is 6.61. The molecule has 0 saturated heterocycles. The van der Waals surface area contributed by atoms with Gasteiger partial charge in [0.2, 0.25) is 0 Å². The van der Waals surface area contributed by atoms with Crippen LogP contribution in [0.5, 0.6) is 5.75 Å². The summed E-state index contributed by atoms with van der Waals surface area (Å²) in [4.78, 5) is 0. The Balaban J connectivity index is 1.84. The highest BCUT2D eigenvalue weighted by Gasteiger charge is 2.02. The smallest absolute Gasteiger partial charge is 0.140 e. The van der Waals surface area contributed by atoms with Crippen molar-refractivity contribution in [3.05, 3.63) is 65.7 Å². The predicted octanol–water partition coefficient (Wildman–Crippen LogP) is 3.08. The van der Waals surface area contributed by atoms with Crippen LogP contribution < -0.4 is 4.74 Å². The first-order valence-electron chi connectivity index (χ1n) is 6.61. The summed E-state index contributed by atoms with van der Waals surface area (Å²) in [6, 6.07) is 19.6. The Bertz CT molecular complexity index is 558. The van der Waals surface area contributed by atoms with Gasteiger partial charge in [-0.1, -0.05) is 42.5 Å². The van der Waals surface area contributed by atoms with E-state index in [1.54, 1.807) is 0 Å². The van der Waals surface area contributed by atoms with E-state index >= 15 is 0 Å². The second kappa shape index (κ2) is 7.32. The standard InChI is InChI=1S/C17H17NO2/c18-12-16(19)9-6-14-7-10-17(11-8-14)20-13-15-4-2-1-3-5-15/h1-5,7-8,10-11,16,19H,6,9,13H2/t16-/m1/s1. The number of hydrogen-bond acceptors (Lipinski definition) is 3. The van der Waals surface area contributed by atoms with E-state index < -0.39 is 6.10 Å². The molecule has 0 bridgehead atoms. The zero-order valence-corrected chi connectivity index (χ0v) is 11.2. The van der Waals surface area contributed by atoms with Crippen molar-refractivity contribution in [2.75, 3.05) is 0 Å². The minimum atomic E-state index is -0.885. The maximum absolute atomic E-state index is 9.20. The Morgan fingerprint density at radius 3 is 2.35 bits per heavy atom. The minimum Gasteiger partial charge on any atom is -0.489 e. The lowest BCUT2D eigenvalue weighted by Crippen LogP contribution is -2.03. The summed E-state index contributed by atoms with van der Waals surface area (Å²) >= 11 is 0. The fourth-order valence-electron chi connectivity index (χ4n) is 1.86. The molecule has 3 heteroatoms. The van der Waals surface area contributed by atoms with Crippen LogP contribution >= 0.6 is 0 Å². The average molecular weight is 267 g/mol. The maximum atomic E-state index is 9.20. The molecule has 102 valence electrons. The van der Waals surface area contributed by atoms with Crippen LogP contribution in [-0.4, -0.2) is 11.2 Å². The van der Waals surface area contributed by atoms with Crippen LogP contribution in [0.2, 0.25) is 0 Å². The Morgan fingerprint density at radius 1 is 1.00 bits per heavy atom. The summed E-state index contributed by atoms with van der Waals surface area (Å²) < 4.78 is 5.69. The molecule has 20 heavy (non-hydrogen) atoms. The largest absolute Gasteiger partial charge is 0.489 e. The van der Waals surface area contributed by atoms with E-state index in [4.69, 9.17) is 10.00 Å². The molecule has 0 saturated carbocycles. The van der Waals surface area contributed by atoms with E-state index in [0.29, 0.717) is 19.4 Å². The fourth-order valence-corrected chi connectivity index (χ4v) is 1.86.